The number of nitrogens with one attached hydrogen (secondary N) is 2. The first-order valence-corrected chi connectivity index (χ1v) is 10.1. The fraction of sp³-hybridized carbons (Fsp3) is 0.316. The van der Waals surface area contributed by atoms with Crippen LogP contribution >= 0.6 is 0 Å². The Labute approximate surface area is 159 Å². The molecular weight excluding hydrogens is 367 g/mol. The quantitative estimate of drug-likeness (QED) is 0.475. The zero-order valence-electron chi connectivity index (χ0n) is 15.4. The molecule has 0 heterocycles. The number of aliphatic imine (C=N–C) groups is 1. The van der Waals surface area contributed by atoms with Crippen molar-refractivity contribution >= 4 is 16.0 Å². The summed E-state index contributed by atoms with van der Waals surface area (Å²) in [5.74, 6) is 0.354. The van der Waals surface area contributed by atoms with Gasteiger partial charge in [-0.2, -0.15) is 0 Å². The molecular formula is C19H25FN4O2S. The first-order chi connectivity index (χ1) is 12.8. The van der Waals surface area contributed by atoms with Gasteiger partial charge in [0, 0.05) is 13.1 Å². The third-order valence-electron chi connectivity index (χ3n) is 3.69. The topological polar surface area (TPSA) is 96.6 Å². The lowest BCUT2D eigenvalue weighted by Crippen LogP contribution is -2.34. The van der Waals surface area contributed by atoms with Gasteiger partial charge < -0.3 is 11.1 Å². The standard InChI is InChI=1S/C19H25FN4O2S/c1-14(2)11-22-19(21)23-12-16-6-4-8-18(10-16)27(25,26)24-13-15-5-3-7-17(20)9-15/h3-10,14,24H,11-13H2,1-2H3,(H3,21,22,23). The van der Waals surface area contributed by atoms with Crippen molar-refractivity contribution in [1.82, 2.24) is 10.0 Å². The third-order valence-corrected chi connectivity index (χ3v) is 5.09. The normalized spacial score (nSPS) is 12.4. The second-order valence-corrected chi connectivity index (χ2v) is 8.35. The highest BCUT2D eigenvalue weighted by atomic mass is 32.2. The lowest BCUT2D eigenvalue weighted by atomic mass is 10.2. The van der Waals surface area contributed by atoms with Crippen LogP contribution in [0.2, 0.25) is 0 Å². The van der Waals surface area contributed by atoms with Crippen molar-refractivity contribution in [2.24, 2.45) is 16.6 Å². The Morgan fingerprint density at radius 2 is 1.85 bits per heavy atom. The van der Waals surface area contributed by atoms with Gasteiger partial charge in [0.25, 0.3) is 0 Å². The summed E-state index contributed by atoms with van der Waals surface area (Å²) in [5.41, 5.74) is 7.06. The number of nitrogens with two attached hydrogens (primary N) is 1. The second kappa shape index (κ2) is 9.48. The van der Waals surface area contributed by atoms with Crippen LogP contribution in [-0.2, 0) is 23.1 Å². The summed E-state index contributed by atoms with van der Waals surface area (Å²) in [6, 6.07) is 12.3. The van der Waals surface area contributed by atoms with Gasteiger partial charge in [0.2, 0.25) is 10.0 Å². The monoisotopic (exact) mass is 392 g/mol. The average Bonchev–Trinajstić information content (AvgIpc) is 2.63. The summed E-state index contributed by atoms with van der Waals surface area (Å²) in [6.07, 6.45) is 0. The van der Waals surface area contributed by atoms with E-state index in [0.717, 1.165) is 5.56 Å². The zero-order chi connectivity index (χ0) is 19.9. The van der Waals surface area contributed by atoms with Gasteiger partial charge in [0.1, 0.15) is 5.82 Å². The van der Waals surface area contributed by atoms with Crippen molar-refractivity contribution in [3.63, 3.8) is 0 Å². The van der Waals surface area contributed by atoms with E-state index < -0.39 is 15.8 Å². The van der Waals surface area contributed by atoms with Crippen LogP contribution in [0.5, 0.6) is 0 Å². The Hall–Kier alpha value is -2.45. The average molecular weight is 393 g/mol. The van der Waals surface area contributed by atoms with Gasteiger partial charge in [0.15, 0.2) is 5.96 Å². The van der Waals surface area contributed by atoms with Crippen LogP contribution in [0.15, 0.2) is 58.4 Å². The van der Waals surface area contributed by atoms with E-state index in [-0.39, 0.29) is 18.0 Å². The van der Waals surface area contributed by atoms with E-state index in [1.54, 1.807) is 24.3 Å². The summed E-state index contributed by atoms with van der Waals surface area (Å²) in [6.45, 7) is 5.11. The molecule has 0 saturated carbocycles. The molecule has 0 radical (unpaired) electrons. The molecule has 0 spiro atoms. The fourth-order valence-electron chi connectivity index (χ4n) is 2.26. The van der Waals surface area contributed by atoms with Crippen LogP contribution in [0.1, 0.15) is 25.0 Å². The van der Waals surface area contributed by atoms with Crippen LogP contribution in [0.3, 0.4) is 0 Å². The number of hydrogen-bond acceptors (Lipinski definition) is 3. The number of rotatable bonds is 8. The third kappa shape index (κ3) is 6.99. The minimum atomic E-state index is -3.72. The van der Waals surface area contributed by atoms with Crippen molar-refractivity contribution < 1.29 is 12.8 Å². The van der Waals surface area contributed by atoms with E-state index in [0.29, 0.717) is 24.0 Å². The van der Waals surface area contributed by atoms with E-state index in [9.17, 15) is 12.8 Å². The molecule has 2 aromatic rings. The maximum atomic E-state index is 13.2. The molecule has 0 aromatic heterocycles. The van der Waals surface area contributed by atoms with Gasteiger partial charge in [-0.3, -0.25) is 0 Å². The largest absolute Gasteiger partial charge is 0.370 e. The molecule has 0 atom stereocenters. The Morgan fingerprint density at radius 3 is 2.56 bits per heavy atom. The highest BCUT2D eigenvalue weighted by Gasteiger charge is 2.14. The molecule has 0 bridgehead atoms. The molecule has 4 N–H and O–H groups in total. The summed E-state index contributed by atoms with van der Waals surface area (Å²) < 4.78 is 40.6. The van der Waals surface area contributed by atoms with Gasteiger partial charge in [-0.15, -0.1) is 0 Å². The van der Waals surface area contributed by atoms with Crippen LogP contribution in [0.4, 0.5) is 4.39 Å². The van der Waals surface area contributed by atoms with Gasteiger partial charge in [0.05, 0.1) is 11.4 Å². The molecule has 0 unspecified atom stereocenters. The van der Waals surface area contributed by atoms with Crippen molar-refractivity contribution in [1.29, 1.82) is 0 Å². The fourth-order valence-corrected chi connectivity index (χ4v) is 3.35. The van der Waals surface area contributed by atoms with Gasteiger partial charge in [-0.25, -0.2) is 22.5 Å². The number of benzene rings is 2. The lowest BCUT2D eigenvalue weighted by molar-refractivity contribution is 0.580. The molecule has 0 aliphatic heterocycles. The molecule has 0 aliphatic carbocycles. The zero-order valence-corrected chi connectivity index (χ0v) is 16.3. The highest BCUT2D eigenvalue weighted by molar-refractivity contribution is 7.89. The lowest BCUT2D eigenvalue weighted by Gasteiger charge is -2.09. The number of sulfonamides is 1. The summed E-state index contributed by atoms with van der Waals surface area (Å²) in [7, 11) is -3.72. The number of nitrogens with zero attached hydrogens (tertiary/aromatic N) is 1. The SMILES string of the molecule is CC(C)CNC(N)=NCc1cccc(S(=O)(=O)NCc2cccc(F)c2)c1. The number of hydrogen-bond donors (Lipinski definition) is 3. The van der Waals surface area contributed by atoms with E-state index in [2.05, 4.69) is 28.9 Å². The van der Waals surface area contributed by atoms with Crippen molar-refractivity contribution in [3.8, 4) is 0 Å². The Bertz CT molecular complexity index is 898. The molecule has 2 aromatic carbocycles. The predicted octanol–water partition coefficient (Wildman–Crippen LogP) is 2.36. The maximum absolute atomic E-state index is 13.2. The van der Waals surface area contributed by atoms with Gasteiger partial charge >= 0.3 is 0 Å². The molecule has 2 rings (SSSR count). The van der Waals surface area contributed by atoms with Crippen molar-refractivity contribution in [2.45, 2.75) is 31.8 Å². The Balaban J connectivity index is 2.03. The molecule has 0 aliphatic rings. The summed E-state index contributed by atoms with van der Waals surface area (Å²) >= 11 is 0. The van der Waals surface area contributed by atoms with E-state index >= 15 is 0 Å². The van der Waals surface area contributed by atoms with Crippen molar-refractivity contribution in [2.75, 3.05) is 6.54 Å². The molecule has 0 fully saturated rings. The highest BCUT2D eigenvalue weighted by Crippen LogP contribution is 2.13. The first-order valence-electron chi connectivity index (χ1n) is 8.63. The molecule has 146 valence electrons. The molecule has 6 nitrogen and oxygen atoms in total. The van der Waals surface area contributed by atoms with E-state index in [4.69, 9.17) is 5.73 Å². The first kappa shape index (κ1) is 20.9. The predicted molar refractivity (Wildman–Crippen MR) is 105 cm³/mol. The van der Waals surface area contributed by atoms with Crippen molar-refractivity contribution in [3.05, 3.63) is 65.5 Å². The van der Waals surface area contributed by atoms with Crippen LogP contribution in [-0.4, -0.2) is 20.9 Å². The summed E-state index contributed by atoms with van der Waals surface area (Å²) in [5, 5.41) is 3.01. The molecule has 0 amide bonds. The molecule has 0 saturated heterocycles. The minimum absolute atomic E-state index is 0.00848. The van der Waals surface area contributed by atoms with Gasteiger partial charge in [-0.1, -0.05) is 38.1 Å². The van der Waals surface area contributed by atoms with Crippen LogP contribution in [0.25, 0.3) is 0 Å². The maximum Gasteiger partial charge on any atom is 0.240 e. The minimum Gasteiger partial charge on any atom is -0.370 e. The smallest absolute Gasteiger partial charge is 0.240 e. The molecule has 27 heavy (non-hydrogen) atoms. The van der Waals surface area contributed by atoms with Gasteiger partial charge in [-0.05, 0) is 41.3 Å². The second-order valence-electron chi connectivity index (χ2n) is 6.58. The van der Waals surface area contributed by atoms with Crippen LogP contribution < -0.4 is 15.8 Å². The number of halogens is 1. The molecule has 8 heteroatoms. The number of guanidine groups is 1. The van der Waals surface area contributed by atoms with Crippen LogP contribution in [0, 0.1) is 11.7 Å². The Kier molecular flexibility index (Phi) is 7.32. The van der Waals surface area contributed by atoms with E-state index in [1.807, 2.05) is 0 Å². The Morgan fingerprint density at radius 1 is 1.15 bits per heavy atom. The summed E-state index contributed by atoms with van der Waals surface area (Å²) in [4.78, 5) is 4.34. The van der Waals surface area contributed by atoms with E-state index in [1.165, 1.54) is 24.3 Å².